The fourth-order valence-corrected chi connectivity index (χ4v) is 2.13. The lowest BCUT2D eigenvalue weighted by Gasteiger charge is -2.17. The van der Waals surface area contributed by atoms with E-state index in [2.05, 4.69) is 19.2 Å². The van der Waals surface area contributed by atoms with Gasteiger partial charge in [0, 0.05) is 18.3 Å². The van der Waals surface area contributed by atoms with E-state index >= 15 is 0 Å². The molecule has 108 valence electrons. The van der Waals surface area contributed by atoms with Crippen molar-refractivity contribution >= 4 is 11.4 Å². The molecule has 0 saturated carbocycles. The number of hydrogen-bond acceptors (Lipinski definition) is 3. The Bertz CT molecular complexity index is 366. The van der Waals surface area contributed by atoms with Crippen LogP contribution < -0.4 is 15.8 Å². The number of benzene rings is 1. The molecule has 19 heavy (non-hydrogen) atoms. The van der Waals surface area contributed by atoms with E-state index in [4.69, 9.17) is 10.5 Å². The molecule has 0 aliphatic carbocycles. The monoisotopic (exact) mass is 264 g/mol. The van der Waals surface area contributed by atoms with Crippen LogP contribution in [0.4, 0.5) is 11.4 Å². The molecule has 1 rings (SSSR count). The van der Waals surface area contributed by atoms with Crippen LogP contribution in [-0.2, 0) is 0 Å². The fraction of sp³-hybridized carbons (Fsp3) is 0.625. The minimum Gasteiger partial charge on any atom is -0.492 e. The van der Waals surface area contributed by atoms with Crippen molar-refractivity contribution < 1.29 is 4.74 Å². The quantitative estimate of drug-likeness (QED) is 0.654. The summed E-state index contributed by atoms with van der Waals surface area (Å²) < 4.78 is 5.51. The van der Waals surface area contributed by atoms with Crippen LogP contribution in [0.1, 0.15) is 46.5 Å². The Labute approximate surface area is 117 Å². The van der Waals surface area contributed by atoms with Gasteiger partial charge in [0.15, 0.2) is 0 Å². The average molecular weight is 264 g/mol. The highest BCUT2D eigenvalue weighted by molar-refractivity contribution is 5.61. The maximum atomic E-state index is 5.87. The third-order valence-electron chi connectivity index (χ3n) is 3.45. The predicted octanol–water partition coefficient (Wildman–Crippen LogP) is 4.30. The lowest BCUT2D eigenvalue weighted by molar-refractivity contribution is 0.342. The van der Waals surface area contributed by atoms with E-state index in [1.165, 1.54) is 25.7 Å². The second kappa shape index (κ2) is 8.68. The molecule has 0 aliphatic rings. The Morgan fingerprint density at radius 1 is 1.26 bits per heavy atom. The molecule has 3 nitrogen and oxygen atoms in total. The Balaban J connectivity index is 2.54. The van der Waals surface area contributed by atoms with Crippen LogP contribution in [0.2, 0.25) is 0 Å². The van der Waals surface area contributed by atoms with Crippen molar-refractivity contribution in [1.29, 1.82) is 0 Å². The summed E-state index contributed by atoms with van der Waals surface area (Å²) in [5, 5.41) is 3.50. The zero-order valence-electron chi connectivity index (χ0n) is 12.5. The summed E-state index contributed by atoms with van der Waals surface area (Å²) >= 11 is 0. The lowest BCUT2D eigenvalue weighted by Crippen LogP contribution is -2.13. The molecular formula is C16H28N2O. The van der Waals surface area contributed by atoms with Crippen LogP contribution >= 0.6 is 0 Å². The first-order valence-electron chi connectivity index (χ1n) is 7.47. The molecule has 3 N–H and O–H groups in total. The van der Waals surface area contributed by atoms with Gasteiger partial charge in [-0.2, -0.15) is 0 Å². The molecule has 0 fully saturated rings. The second-order valence-corrected chi connectivity index (χ2v) is 4.98. The lowest BCUT2D eigenvalue weighted by atomic mass is 9.99. The van der Waals surface area contributed by atoms with Crippen molar-refractivity contribution in [2.24, 2.45) is 5.92 Å². The molecule has 0 aliphatic heterocycles. The van der Waals surface area contributed by atoms with Gasteiger partial charge in [-0.25, -0.2) is 0 Å². The summed E-state index contributed by atoms with van der Waals surface area (Å²) in [5.74, 6) is 1.52. The van der Waals surface area contributed by atoms with Crippen LogP contribution in [0.3, 0.4) is 0 Å². The minimum atomic E-state index is 0.641. The van der Waals surface area contributed by atoms with Gasteiger partial charge in [0.1, 0.15) is 5.75 Å². The van der Waals surface area contributed by atoms with Crippen molar-refractivity contribution in [1.82, 2.24) is 0 Å². The summed E-state index contributed by atoms with van der Waals surface area (Å²) in [7, 11) is 0. The van der Waals surface area contributed by atoms with Crippen LogP contribution in [0.25, 0.3) is 0 Å². The van der Waals surface area contributed by atoms with Crippen LogP contribution in [0.15, 0.2) is 18.2 Å². The molecular weight excluding hydrogens is 236 g/mol. The number of nitrogen functional groups attached to an aromatic ring is 1. The molecule has 3 heteroatoms. The standard InChI is InChI=1S/C16H28N2O/c1-4-7-8-13(5-2)12-18-14-9-10-15(17)16(11-14)19-6-3/h9-11,13,18H,4-8,12,17H2,1-3H3. The number of nitrogens with two attached hydrogens (primary N) is 1. The maximum absolute atomic E-state index is 5.87. The van der Waals surface area contributed by atoms with E-state index in [9.17, 15) is 0 Å². The Morgan fingerprint density at radius 2 is 2.05 bits per heavy atom. The summed E-state index contributed by atoms with van der Waals surface area (Å²) in [6.07, 6.45) is 5.10. The molecule has 0 heterocycles. The highest BCUT2D eigenvalue weighted by Crippen LogP contribution is 2.26. The zero-order valence-corrected chi connectivity index (χ0v) is 12.5. The first-order valence-corrected chi connectivity index (χ1v) is 7.47. The van der Waals surface area contributed by atoms with E-state index in [0.29, 0.717) is 12.3 Å². The average Bonchev–Trinajstić information content (AvgIpc) is 2.42. The number of hydrogen-bond donors (Lipinski definition) is 2. The van der Waals surface area contributed by atoms with Gasteiger partial charge in [0.05, 0.1) is 12.3 Å². The van der Waals surface area contributed by atoms with E-state index in [0.717, 1.165) is 23.9 Å². The normalized spacial score (nSPS) is 12.2. The van der Waals surface area contributed by atoms with Gasteiger partial charge in [-0.15, -0.1) is 0 Å². The molecule has 0 bridgehead atoms. The third-order valence-corrected chi connectivity index (χ3v) is 3.45. The summed E-state index contributed by atoms with van der Waals surface area (Å²) in [5.41, 5.74) is 7.66. The third kappa shape index (κ3) is 5.41. The molecule has 1 aromatic rings. The zero-order chi connectivity index (χ0) is 14.1. The largest absolute Gasteiger partial charge is 0.492 e. The predicted molar refractivity (Wildman–Crippen MR) is 83.8 cm³/mol. The van der Waals surface area contributed by atoms with Gasteiger partial charge >= 0.3 is 0 Å². The molecule has 1 atom stereocenters. The summed E-state index contributed by atoms with van der Waals surface area (Å²) in [4.78, 5) is 0. The van der Waals surface area contributed by atoms with Gasteiger partial charge in [-0.3, -0.25) is 0 Å². The number of unbranched alkanes of at least 4 members (excludes halogenated alkanes) is 1. The molecule has 0 spiro atoms. The minimum absolute atomic E-state index is 0.641. The summed E-state index contributed by atoms with van der Waals surface area (Å²) in [6, 6.07) is 5.91. The number of anilines is 2. The molecule has 0 saturated heterocycles. The summed E-state index contributed by atoms with van der Waals surface area (Å²) in [6.45, 7) is 8.14. The first-order chi connectivity index (χ1) is 9.21. The fourth-order valence-electron chi connectivity index (χ4n) is 2.13. The van der Waals surface area contributed by atoms with E-state index in [-0.39, 0.29) is 0 Å². The van der Waals surface area contributed by atoms with Gasteiger partial charge in [0.25, 0.3) is 0 Å². The van der Waals surface area contributed by atoms with E-state index < -0.39 is 0 Å². The van der Waals surface area contributed by atoms with Crippen molar-refractivity contribution in [2.45, 2.75) is 46.5 Å². The van der Waals surface area contributed by atoms with Crippen molar-refractivity contribution in [3.05, 3.63) is 18.2 Å². The molecule has 1 unspecified atom stereocenters. The van der Waals surface area contributed by atoms with Gasteiger partial charge in [-0.1, -0.05) is 33.1 Å². The molecule has 0 amide bonds. The first kappa shape index (κ1) is 15.7. The van der Waals surface area contributed by atoms with Crippen LogP contribution in [0, 0.1) is 5.92 Å². The Morgan fingerprint density at radius 3 is 2.68 bits per heavy atom. The van der Waals surface area contributed by atoms with Crippen LogP contribution in [-0.4, -0.2) is 13.2 Å². The number of rotatable bonds is 9. The van der Waals surface area contributed by atoms with Gasteiger partial charge in [-0.05, 0) is 31.4 Å². The van der Waals surface area contributed by atoms with E-state index in [1.807, 2.05) is 25.1 Å². The molecule has 0 aromatic heterocycles. The molecule has 0 radical (unpaired) electrons. The van der Waals surface area contributed by atoms with Gasteiger partial charge in [0.2, 0.25) is 0 Å². The Kier molecular flexibility index (Phi) is 7.16. The van der Waals surface area contributed by atoms with Crippen molar-refractivity contribution in [2.75, 3.05) is 24.2 Å². The van der Waals surface area contributed by atoms with Gasteiger partial charge < -0.3 is 15.8 Å². The maximum Gasteiger partial charge on any atom is 0.144 e. The number of ether oxygens (including phenoxy) is 1. The van der Waals surface area contributed by atoms with Crippen molar-refractivity contribution in [3.8, 4) is 5.75 Å². The van der Waals surface area contributed by atoms with Crippen LogP contribution in [0.5, 0.6) is 5.75 Å². The smallest absolute Gasteiger partial charge is 0.144 e. The number of nitrogens with one attached hydrogen (secondary N) is 1. The molecule has 1 aromatic carbocycles. The SMILES string of the molecule is CCCCC(CC)CNc1ccc(N)c(OCC)c1. The Hall–Kier alpha value is -1.38. The second-order valence-electron chi connectivity index (χ2n) is 4.98. The van der Waals surface area contributed by atoms with Crippen molar-refractivity contribution in [3.63, 3.8) is 0 Å². The highest BCUT2D eigenvalue weighted by Gasteiger charge is 2.07. The highest BCUT2D eigenvalue weighted by atomic mass is 16.5. The van der Waals surface area contributed by atoms with E-state index in [1.54, 1.807) is 0 Å². The topological polar surface area (TPSA) is 47.3 Å².